The van der Waals surface area contributed by atoms with E-state index in [9.17, 15) is 9.59 Å². The van der Waals surface area contributed by atoms with Crippen molar-refractivity contribution in [3.63, 3.8) is 0 Å². The Balaban J connectivity index is 1.49. The van der Waals surface area contributed by atoms with Crippen molar-refractivity contribution in [2.45, 2.75) is 6.92 Å². The molecular formula is C24H22N4O4S. The highest BCUT2D eigenvalue weighted by atomic mass is 32.1. The van der Waals surface area contributed by atoms with E-state index in [4.69, 9.17) is 9.47 Å². The number of carbonyl (C=O) groups excluding carboxylic acids is 2. The molecule has 0 saturated heterocycles. The summed E-state index contributed by atoms with van der Waals surface area (Å²) < 4.78 is 11.3. The topological polar surface area (TPSA) is 102 Å². The number of nitrogens with one attached hydrogen (secondary N) is 3. The van der Waals surface area contributed by atoms with Crippen molar-refractivity contribution < 1.29 is 19.1 Å². The van der Waals surface area contributed by atoms with Gasteiger partial charge in [-0.1, -0.05) is 29.5 Å². The third-order valence-electron chi connectivity index (χ3n) is 4.86. The van der Waals surface area contributed by atoms with Crippen LogP contribution in [0.1, 0.15) is 15.9 Å². The second-order valence-electron chi connectivity index (χ2n) is 7.12. The third kappa shape index (κ3) is 5.04. The molecule has 0 fully saturated rings. The van der Waals surface area contributed by atoms with Crippen molar-refractivity contribution in [2.75, 3.05) is 30.2 Å². The Morgan fingerprint density at radius 3 is 2.42 bits per heavy atom. The summed E-state index contributed by atoms with van der Waals surface area (Å²) in [6.07, 6.45) is 0. The number of aromatic nitrogens is 1. The van der Waals surface area contributed by atoms with Gasteiger partial charge in [0.2, 0.25) is 0 Å². The van der Waals surface area contributed by atoms with E-state index in [1.54, 1.807) is 37.4 Å². The van der Waals surface area contributed by atoms with Gasteiger partial charge in [-0.2, -0.15) is 0 Å². The fourth-order valence-corrected chi connectivity index (χ4v) is 4.25. The lowest BCUT2D eigenvalue weighted by atomic mass is 10.2. The van der Waals surface area contributed by atoms with Crippen LogP contribution in [0.25, 0.3) is 10.2 Å². The van der Waals surface area contributed by atoms with Crippen LogP contribution < -0.4 is 25.4 Å². The minimum Gasteiger partial charge on any atom is -0.497 e. The van der Waals surface area contributed by atoms with Gasteiger partial charge in [-0.05, 0) is 48.9 Å². The van der Waals surface area contributed by atoms with Gasteiger partial charge < -0.3 is 20.1 Å². The standard InChI is InChI=1S/C24H22N4O4S/c1-14-11-16(25-23(30)26-18-10-9-17(31-2)13-19(18)32-3)12-20-21(14)27-24(33-20)28-22(29)15-7-5-4-6-8-15/h4-13H,1-3H3,(H2,25,26,30)(H,27,28,29). The van der Waals surface area contributed by atoms with Crippen molar-refractivity contribution in [1.29, 1.82) is 0 Å². The summed E-state index contributed by atoms with van der Waals surface area (Å²) in [6.45, 7) is 1.90. The fourth-order valence-electron chi connectivity index (χ4n) is 3.27. The van der Waals surface area contributed by atoms with Crippen LogP contribution in [-0.2, 0) is 0 Å². The van der Waals surface area contributed by atoms with Gasteiger partial charge in [0.1, 0.15) is 11.5 Å². The van der Waals surface area contributed by atoms with E-state index >= 15 is 0 Å². The second kappa shape index (κ2) is 9.58. The highest BCUT2D eigenvalue weighted by Gasteiger charge is 2.14. The maximum atomic E-state index is 12.6. The summed E-state index contributed by atoms with van der Waals surface area (Å²) in [5.41, 5.74) is 3.32. The Bertz CT molecular complexity index is 1320. The first-order valence-electron chi connectivity index (χ1n) is 10.0. The van der Waals surface area contributed by atoms with E-state index < -0.39 is 6.03 Å². The molecule has 0 aliphatic carbocycles. The molecule has 8 nitrogen and oxygen atoms in total. The Morgan fingerprint density at radius 1 is 0.909 bits per heavy atom. The lowest BCUT2D eigenvalue weighted by Gasteiger charge is -2.12. The van der Waals surface area contributed by atoms with Crippen LogP contribution in [0.2, 0.25) is 0 Å². The number of urea groups is 1. The van der Waals surface area contributed by atoms with Gasteiger partial charge in [0.05, 0.1) is 30.1 Å². The molecule has 168 valence electrons. The molecule has 3 amide bonds. The van der Waals surface area contributed by atoms with E-state index in [0.29, 0.717) is 33.6 Å². The zero-order valence-electron chi connectivity index (χ0n) is 18.3. The van der Waals surface area contributed by atoms with Crippen molar-refractivity contribution in [3.8, 4) is 11.5 Å². The molecule has 33 heavy (non-hydrogen) atoms. The molecule has 1 heterocycles. The summed E-state index contributed by atoms with van der Waals surface area (Å²) in [7, 11) is 3.08. The maximum absolute atomic E-state index is 12.6. The Hall–Kier alpha value is -4.11. The molecule has 4 aromatic rings. The van der Waals surface area contributed by atoms with Gasteiger partial charge in [0.25, 0.3) is 5.91 Å². The first-order valence-corrected chi connectivity index (χ1v) is 10.9. The minimum atomic E-state index is -0.417. The van der Waals surface area contributed by atoms with Gasteiger partial charge >= 0.3 is 6.03 Å². The number of nitrogens with zero attached hydrogens (tertiary/aromatic N) is 1. The molecule has 0 radical (unpaired) electrons. The Morgan fingerprint density at radius 2 is 1.70 bits per heavy atom. The Labute approximate surface area is 194 Å². The van der Waals surface area contributed by atoms with Crippen molar-refractivity contribution in [2.24, 2.45) is 0 Å². The summed E-state index contributed by atoms with van der Waals surface area (Å²) >= 11 is 1.34. The van der Waals surface area contributed by atoms with Gasteiger partial charge in [-0.15, -0.1) is 0 Å². The zero-order chi connectivity index (χ0) is 23.4. The van der Waals surface area contributed by atoms with E-state index in [-0.39, 0.29) is 5.91 Å². The highest BCUT2D eigenvalue weighted by molar-refractivity contribution is 7.22. The van der Waals surface area contributed by atoms with Crippen LogP contribution in [0.4, 0.5) is 21.3 Å². The number of anilines is 3. The second-order valence-corrected chi connectivity index (χ2v) is 8.16. The summed E-state index contributed by atoms with van der Waals surface area (Å²) in [5, 5.41) is 8.94. The molecule has 4 rings (SSSR count). The fraction of sp³-hybridized carbons (Fsp3) is 0.125. The van der Waals surface area contributed by atoms with E-state index in [1.165, 1.54) is 18.4 Å². The van der Waals surface area contributed by atoms with E-state index in [2.05, 4.69) is 20.9 Å². The molecule has 0 aliphatic rings. The van der Waals surface area contributed by atoms with Crippen LogP contribution in [0, 0.1) is 6.92 Å². The van der Waals surface area contributed by atoms with Gasteiger partial charge in [0, 0.05) is 17.3 Å². The van der Waals surface area contributed by atoms with Crippen LogP contribution in [0.15, 0.2) is 60.7 Å². The van der Waals surface area contributed by atoms with Gasteiger partial charge in [0.15, 0.2) is 5.13 Å². The minimum absolute atomic E-state index is 0.224. The number of methoxy groups -OCH3 is 2. The first-order chi connectivity index (χ1) is 16.0. The molecule has 0 aliphatic heterocycles. The first kappa shape index (κ1) is 22.1. The molecule has 9 heteroatoms. The number of hydrogen-bond acceptors (Lipinski definition) is 6. The number of aryl methyl sites for hydroxylation is 1. The Kier molecular flexibility index (Phi) is 6.41. The quantitative estimate of drug-likeness (QED) is 0.350. The average molecular weight is 463 g/mol. The third-order valence-corrected chi connectivity index (χ3v) is 5.77. The lowest BCUT2D eigenvalue weighted by molar-refractivity contribution is 0.102. The zero-order valence-corrected chi connectivity index (χ0v) is 19.1. The molecule has 0 atom stereocenters. The van der Waals surface area contributed by atoms with Crippen LogP contribution >= 0.6 is 11.3 Å². The molecule has 0 bridgehead atoms. The maximum Gasteiger partial charge on any atom is 0.323 e. The molecule has 3 aromatic carbocycles. The SMILES string of the molecule is COc1ccc(NC(=O)Nc2cc(C)c3nc(NC(=O)c4ccccc4)sc3c2)c(OC)c1. The molecule has 1 aromatic heterocycles. The number of benzene rings is 3. The van der Waals surface area contributed by atoms with Crippen LogP contribution in [0.3, 0.4) is 0 Å². The average Bonchev–Trinajstić information content (AvgIpc) is 3.22. The lowest BCUT2D eigenvalue weighted by Crippen LogP contribution is -2.19. The number of ether oxygens (including phenoxy) is 2. The van der Waals surface area contributed by atoms with Crippen molar-refractivity contribution in [3.05, 3.63) is 71.8 Å². The van der Waals surface area contributed by atoms with Crippen molar-refractivity contribution >= 4 is 50.0 Å². The van der Waals surface area contributed by atoms with E-state index in [1.807, 2.05) is 37.3 Å². The van der Waals surface area contributed by atoms with Crippen molar-refractivity contribution in [1.82, 2.24) is 4.98 Å². The number of hydrogen-bond donors (Lipinski definition) is 3. The molecule has 0 saturated carbocycles. The van der Waals surface area contributed by atoms with Crippen LogP contribution in [0.5, 0.6) is 11.5 Å². The summed E-state index contributed by atoms with van der Waals surface area (Å²) in [5.74, 6) is 0.884. The molecular weight excluding hydrogens is 440 g/mol. The predicted octanol–water partition coefficient (Wildman–Crippen LogP) is 5.52. The molecule has 0 unspecified atom stereocenters. The normalized spacial score (nSPS) is 10.5. The summed E-state index contributed by atoms with van der Waals surface area (Å²) in [6, 6.07) is 17.3. The van der Waals surface area contributed by atoms with Gasteiger partial charge in [-0.25, -0.2) is 9.78 Å². The smallest absolute Gasteiger partial charge is 0.323 e. The summed E-state index contributed by atoms with van der Waals surface area (Å²) in [4.78, 5) is 29.5. The largest absolute Gasteiger partial charge is 0.497 e. The predicted molar refractivity (Wildman–Crippen MR) is 131 cm³/mol. The van der Waals surface area contributed by atoms with E-state index in [0.717, 1.165) is 15.8 Å². The number of amides is 3. The van der Waals surface area contributed by atoms with Gasteiger partial charge in [-0.3, -0.25) is 10.1 Å². The number of rotatable bonds is 6. The monoisotopic (exact) mass is 462 g/mol. The number of thiazole rings is 1. The van der Waals surface area contributed by atoms with Crippen LogP contribution in [-0.4, -0.2) is 31.1 Å². The highest BCUT2D eigenvalue weighted by Crippen LogP contribution is 2.32. The number of fused-ring (bicyclic) bond motifs is 1. The molecule has 0 spiro atoms. The number of carbonyl (C=O) groups is 2. The molecule has 3 N–H and O–H groups in total.